The third-order valence-electron chi connectivity index (χ3n) is 7.86. The van der Waals surface area contributed by atoms with E-state index in [0.29, 0.717) is 43.3 Å². The van der Waals surface area contributed by atoms with Gasteiger partial charge < -0.3 is 9.47 Å². The Labute approximate surface area is 203 Å². The molecule has 10 heteroatoms. The van der Waals surface area contributed by atoms with Gasteiger partial charge in [0.05, 0.1) is 0 Å². The highest BCUT2D eigenvalue weighted by molar-refractivity contribution is 7.89. The minimum Gasteiger partial charge on any atom is -0.366 e. The lowest BCUT2D eigenvalue weighted by molar-refractivity contribution is 0.281. The van der Waals surface area contributed by atoms with Crippen molar-refractivity contribution in [1.82, 2.24) is 19.1 Å². The molecule has 2 aromatic carbocycles. The molecule has 7 nitrogen and oxygen atoms in total. The number of benzene rings is 2. The monoisotopic (exact) mass is 499 g/mol. The van der Waals surface area contributed by atoms with E-state index in [1.54, 1.807) is 17.6 Å². The van der Waals surface area contributed by atoms with Gasteiger partial charge in [-0.15, -0.1) is 10.2 Å². The number of nitrogens with zero attached hydrogens (tertiary/aromatic N) is 5. The van der Waals surface area contributed by atoms with Crippen LogP contribution >= 0.6 is 0 Å². The number of sulfonamides is 1. The van der Waals surface area contributed by atoms with Gasteiger partial charge in [0.25, 0.3) is 0 Å². The molecule has 0 amide bonds. The molecule has 1 saturated carbocycles. The van der Waals surface area contributed by atoms with Crippen molar-refractivity contribution in [1.29, 1.82) is 0 Å². The van der Waals surface area contributed by atoms with E-state index in [2.05, 4.69) is 10.2 Å². The van der Waals surface area contributed by atoms with Gasteiger partial charge in [0, 0.05) is 43.6 Å². The van der Waals surface area contributed by atoms with Crippen LogP contribution in [-0.2, 0) is 16.6 Å². The van der Waals surface area contributed by atoms with Crippen LogP contribution in [0.2, 0.25) is 0 Å². The summed E-state index contributed by atoms with van der Waals surface area (Å²) in [6, 6.07) is 11.8. The topological polar surface area (TPSA) is 71.3 Å². The molecule has 184 valence electrons. The largest absolute Gasteiger partial charge is 0.366 e. The Morgan fingerprint density at radius 3 is 2.23 bits per heavy atom. The van der Waals surface area contributed by atoms with Gasteiger partial charge in [-0.2, -0.15) is 4.31 Å². The summed E-state index contributed by atoms with van der Waals surface area (Å²) in [5.74, 6) is -0.662. The van der Waals surface area contributed by atoms with Gasteiger partial charge in [-0.3, -0.25) is 0 Å². The van der Waals surface area contributed by atoms with E-state index in [1.807, 2.05) is 41.8 Å². The van der Waals surface area contributed by atoms with Crippen molar-refractivity contribution in [2.45, 2.75) is 43.6 Å². The van der Waals surface area contributed by atoms with Gasteiger partial charge in [-0.1, -0.05) is 30.3 Å². The van der Waals surface area contributed by atoms with Crippen molar-refractivity contribution >= 4 is 15.7 Å². The Morgan fingerprint density at radius 2 is 1.60 bits per heavy atom. The summed E-state index contributed by atoms with van der Waals surface area (Å²) in [5, 5.41) is 7.04. The smallest absolute Gasteiger partial charge is 0.221 e. The van der Waals surface area contributed by atoms with Gasteiger partial charge in [-0.05, 0) is 43.0 Å². The standard InChI is InChI=1S/C25H27F2N5O2S/c1-16-7-8-23(18-5-3-2-4-6-18)35(33,34)32(16)11-17-9-21(26)25(22(27)10-17)30-12-19-20(13-30)24(19)31-14-28-29-15-31/h2-6,9-10,14-16,19-20,23-24H,7-8,11-13H2,1H3/t16?,19-,20+,23?,24+. The van der Waals surface area contributed by atoms with Crippen LogP contribution < -0.4 is 4.90 Å². The molecule has 0 radical (unpaired) electrons. The van der Waals surface area contributed by atoms with Crippen LogP contribution in [0.5, 0.6) is 0 Å². The molecule has 35 heavy (non-hydrogen) atoms. The van der Waals surface area contributed by atoms with Crippen molar-refractivity contribution in [3.63, 3.8) is 0 Å². The number of fused-ring (bicyclic) bond motifs is 1. The molecular formula is C25H27F2N5O2S. The number of piperidine rings is 1. The minimum absolute atomic E-state index is 0.0276. The van der Waals surface area contributed by atoms with Crippen molar-refractivity contribution in [2.24, 2.45) is 11.8 Å². The van der Waals surface area contributed by atoms with E-state index >= 15 is 8.78 Å². The van der Waals surface area contributed by atoms with E-state index in [-0.39, 0.29) is 24.3 Å². The van der Waals surface area contributed by atoms with Crippen LogP contribution in [0.25, 0.3) is 0 Å². The fraction of sp³-hybridized carbons (Fsp3) is 0.440. The summed E-state index contributed by atoms with van der Waals surface area (Å²) in [5.41, 5.74) is 1.04. The number of rotatable bonds is 5. The fourth-order valence-electron chi connectivity index (χ4n) is 6.03. The molecule has 6 rings (SSSR count). The van der Waals surface area contributed by atoms with Gasteiger partial charge in [0.15, 0.2) is 0 Å². The van der Waals surface area contributed by atoms with Crippen LogP contribution in [0.15, 0.2) is 55.1 Å². The van der Waals surface area contributed by atoms with E-state index in [1.165, 1.54) is 16.4 Å². The lowest BCUT2D eigenvalue weighted by atomic mass is 10.0. The second-order valence-corrected chi connectivity index (χ2v) is 12.0. The maximum atomic E-state index is 15.2. The lowest BCUT2D eigenvalue weighted by Gasteiger charge is -2.37. The predicted octanol–water partition coefficient (Wildman–Crippen LogP) is 3.92. The minimum atomic E-state index is -3.68. The van der Waals surface area contributed by atoms with Crippen molar-refractivity contribution in [2.75, 3.05) is 18.0 Å². The first-order valence-electron chi connectivity index (χ1n) is 12.0. The number of anilines is 1. The summed E-state index contributed by atoms with van der Waals surface area (Å²) in [7, 11) is -3.68. The third kappa shape index (κ3) is 3.83. The van der Waals surface area contributed by atoms with Gasteiger partial charge in [0.2, 0.25) is 10.0 Å². The van der Waals surface area contributed by atoms with Crippen LogP contribution in [0.1, 0.15) is 42.2 Å². The van der Waals surface area contributed by atoms with Gasteiger partial charge in [-0.25, -0.2) is 17.2 Å². The highest BCUT2D eigenvalue weighted by atomic mass is 32.2. The second-order valence-electron chi connectivity index (χ2n) is 9.96. The van der Waals surface area contributed by atoms with Crippen LogP contribution in [0.3, 0.4) is 0 Å². The zero-order valence-corrected chi connectivity index (χ0v) is 20.2. The molecule has 3 aliphatic rings. The average Bonchev–Trinajstić information content (AvgIpc) is 3.19. The first kappa shape index (κ1) is 22.6. The molecule has 2 saturated heterocycles. The van der Waals surface area contributed by atoms with Crippen LogP contribution in [-0.4, -0.2) is 46.6 Å². The first-order chi connectivity index (χ1) is 16.8. The Morgan fingerprint density at radius 1 is 0.971 bits per heavy atom. The zero-order valence-electron chi connectivity index (χ0n) is 19.3. The molecule has 1 aromatic heterocycles. The van der Waals surface area contributed by atoms with Crippen molar-refractivity contribution < 1.29 is 17.2 Å². The molecule has 5 atom stereocenters. The van der Waals surface area contributed by atoms with E-state index in [4.69, 9.17) is 0 Å². The molecule has 1 aliphatic carbocycles. The summed E-state index contributed by atoms with van der Waals surface area (Å²) in [4.78, 5) is 1.76. The number of hydrogen-bond acceptors (Lipinski definition) is 5. The molecule has 2 aliphatic heterocycles. The number of halogens is 2. The van der Waals surface area contributed by atoms with E-state index in [9.17, 15) is 8.42 Å². The summed E-state index contributed by atoms with van der Waals surface area (Å²) in [6.07, 6.45) is 4.58. The number of aromatic nitrogens is 3. The molecule has 0 bridgehead atoms. The predicted molar refractivity (Wildman–Crippen MR) is 127 cm³/mol. The van der Waals surface area contributed by atoms with Gasteiger partial charge in [0.1, 0.15) is 35.2 Å². The first-order valence-corrected chi connectivity index (χ1v) is 13.5. The Bertz CT molecular complexity index is 1300. The number of hydrogen-bond donors (Lipinski definition) is 0. The summed E-state index contributed by atoms with van der Waals surface area (Å²) < 4.78 is 60.7. The Balaban J connectivity index is 1.20. The van der Waals surface area contributed by atoms with Crippen molar-refractivity contribution in [3.8, 4) is 0 Å². The van der Waals surface area contributed by atoms with Crippen LogP contribution in [0, 0.1) is 23.5 Å². The highest BCUT2D eigenvalue weighted by Crippen LogP contribution is 2.56. The van der Waals surface area contributed by atoms with Crippen molar-refractivity contribution in [3.05, 3.63) is 77.9 Å². The third-order valence-corrected chi connectivity index (χ3v) is 10.2. The highest BCUT2D eigenvalue weighted by Gasteiger charge is 2.57. The molecule has 0 spiro atoms. The maximum absolute atomic E-state index is 15.2. The second kappa shape index (κ2) is 8.37. The molecule has 3 aromatic rings. The molecule has 3 fully saturated rings. The molecule has 2 unspecified atom stereocenters. The van der Waals surface area contributed by atoms with Gasteiger partial charge >= 0.3 is 0 Å². The molecular weight excluding hydrogens is 472 g/mol. The SMILES string of the molecule is CC1CCC(c2ccccc2)S(=O)(=O)N1Cc1cc(F)c(N2C[C@@H]3[C@H](C2)[C@H]3n2cnnc2)c(F)c1. The quantitative estimate of drug-likeness (QED) is 0.532. The Hall–Kier alpha value is -2.85. The zero-order chi connectivity index (χ0) is 24.3. The maximum Gasteiger partial charge on any atom is 0.221 e. The Kier molecular flexibility index (Phi) is 5.41. The van der Waals surface area contributed by atoms with E-state index < -0.39 is 26.9 Å². The lowest BCUT2D eigenvalue weighted by Crippen LogP contribution is -2.44. The fourth-order valence-corrected chi connectivity index (χ4v) is 8.22. The van der Waals surface area contributed by atoms with Crippen LogP contribution in [0.4, 0.5) is 14.5 Å². The summed E-state index contributed by atoms with van der Waals surface area (Å²) in [6.45, 7) is 2.93. The van der Waals surface area contributed by atoms with E-state index in [0.717, 1.165) is 5.56 Å². The summed E-state index contributed by atoms with van der Waals surface area (Å²) >= 11 is 0. The average molecular weight is 500 g/mol. The normalized spacial score (nSPS) is 29.8. The molecule has 3 heterocycles. The molecule has 0 N–H and O–H groups in total.